The van der Waals surface area contributed by atoms with E-state index in [2.05, 4.69) is 9.88 Å². The van der Waals surface area contributed by atoms with Crippen molar-refractivity contribution in [2.24, 2.45) is 0 Å². The molecule has 0 radical (unpaired) electrons. The second-order valence-electron chi connectivity index (χ2n) is 5.87. The fourth-order valence-corrected chi connectivity index (χ4v) is 4.45. The minimum atomic E-state index is 0.0227. The van der Waals surface area contributed by atoms with Gasteiger partial charge in [0.1, 0.15) is 5.52 Å². The zero-order valence-electron chi connectivity index (χ0n) is 13.3. The van der Waals surface area contributed by atoms with Crippen molar-refractivity contribution in [2.45, 2.75) is 0 Å². The van der Waals surface area contributed by atoms with Gasteiger partial charge in [-0.05, 0) is 30.3 Å². The lowest BCUT2D eigenvalue weighted by molar-refractivity contribution is 0.0747. The fraction of sp³-hybridized carbons (Fsp3) is 0.222. The monoisotopic (exact) mass is 391 g/mol. The van der Waals surface area contributed by atoms with Crippen LogP contribution in [-0.2, 0) is 0 Å². The van der Waals surface area contributed by atoms with E-state index in [1.807, 2.05) is 23.1 Å². The highest BCUT2D eigenvalue weighted by molar-refractivity contribution is 7.22. The molecule has 1 aliphatic heterocycles. The van der Waals surface area contributed by atoms with E-state index in [-0.39, 0.29) is 5.91 Å². The molecule has 4 rings (SSSR count). The van der Waals surface area contributed by atoms with Gasteiger partial charge in [0.15, 0.2) is 5.13 Å². The van der Waals surface area contributed by atoms with E-state index in [0.29, 0.717) is 28.7 Å². The molecule has 0 spiro atoms. The topological polar surface area (TPSA) is 36.4 Å². The van der Waals surface area contributed by atoms with Gasteiger partial charge in [0.25, 0.3) is 5.91 Å². The van der Waals surface area contributed by atoms with Crippen LogP contribution in [0.2, 0.25) is 10.0 Å². The Labute approximate surface area is 159 Å². The molecule has 1 aliphatic rings. The van der Waals surface area contributed by atoms with Crippen molar-refractivity contribution in [2.75, 3.05) is 31.1 Å². The van der Waals surface area contributed by atoms with Gasteiger partial charge in [-0.2, -0.15) is 0 Å². The van der Waals surface area contributed by atoms with Crippen molar-refractivity contribution in [3.05, 3.63) is 58.1 Å². The molecule has 3 aromatic rings. The summed E-state index contributed by atoms with van der Waals surface area (Å²) in [5, 5.41) is 2.21. The number of aromatic nitrogens is 1. The van der Waals surface area contributed by atoms with Crippen molar-refractivity contribution in [1.29, 1.82) is 0 Å². The van der Waals surface area contributed by atoms with E-state index in [0.717, 1.165) is 28.4 Å². The molecule has 1 fully saturated rings. The summed E-state index contributed by atoms with van der Waals surface area (Å²) in [6.07, 6.45) is 0. The van der Waals surface area contributed by atoms with E-state index in [1.165, 1.54) is 0 Å². The number of benzene rings is 2. The third-order valence-electron chi connectivity index (χ3n) is 4.27. The number of carbonyl (C=O) groups excluding carboxylic acids is 1. The number of nitrogens with zero attached hydrogens (tertiary/aromatic N) is 3. The molecule has 1 amide bonds. The lowest BCUT2D eigenvalue weighted by Crippen LogP contribution is -2.48. The van der Waals surface area contributed by atoms with E-state index < -0.39 is 0 Å². The fourth-order valence-electron chi connectivity index (χ4n) is 2.94. The number of thiazole rings is 1. The van der Waals surface area contributed by atoms with Gasteiger partial charge in [-0.1, -0.05) is 46.7 Å². The number of amides is 1. The number of rotatable bonds is 2. The molecule has 128 valence electrons. The molecule has 0 atom stereocenters. The highest BCUT2D eigenvalue weighted by Crippen LogP contribution is 2.33. The molecule has 7 heteroatoms. The van der Waals surface area contributed by atoms with Crippen LogP contribution in [0, 0.1) is 0 Å². The number of hydrogen-bond acceptors (Lipinski definition) is 4. The van der Waals surface area contributed by atoms with Crippen LogP contribution in [0.25, 0.3) is 10.2 Å². The van der Waals surface area contributed by atoms with Crippen LogP contribution in [0.3, 0.4) is 0 Å². The molecule has 1 aromatic heterocycles. The number of anilines is 1. The minimum absolute atomic E-state index is 0.0227. The average Bonchev–Trinajstić information content (AvgIpc) is 3.07. The molecular formula is C18H15Cl2N3OS. The Morgan fingerprint density at radius 1 is 1.04 bits per heavy atom. The normalized spacial score (nSPS) is 15.0. The summed E-state index contributed by atoms with van der Waals surface area (Å²) >= 11 is 13.8. The molecule has 0 aliphatic carbocycles. The summed E-state index contributed by atoms with van der Waals surface area (Å²) in [7, 11) is 0. The molecule has 25 heavy (non-hydrogen) atoms. The van der Waals surface area contributed by atoms with Gasteiger partial charge in [-0.15, -0.1) is 0 Å². The second kappa shape index (κ2) is 6.83. The van der Waals surface area contributed by atoms with Crippen LogP contribution >= 0.6 is 34.5 Å². The summed E-state index contributed by atoms with van der Waals surface area (Å²) in [6.45, 7) is 2.83. The van der Waals surface area contributed by atoms with Gasteiger partial charge in [-0.3, -0.25) is 4.79 Å². The molecule has 0 unspecified atom stereocenters. The summed E-state index contributed by atoms with van der Waals surface area (Å²) in [6, 6.07) is 12.9. The Kier molecular flexibility index (Phi) is 4.54. The van der Waals surface area contributed by atoms with Crippen molar-refractivity contribution in [1.82, 2.24) is 9.88 Å². The molecule has 0 bridgehead atoms. The molecule has 2 heterocycles. The van der Waals surface area contributed by atoms with Gasteiger partial charge in [0.2, 0.25) is 0 Å². The maximum Gasteiger partial charge on any atom is 0.254 e. The average molecular weight is 392 g/mol. The van der Waals surface area contributed by atoms with Crippen molar-refractivity contribution in [3.8, 4) is 0 Å². The first-order valence-corrected chi connectivity index (χ1v) is 9.54. The van der Waals surface area contributed by atoms with Crippen LogP contribution in [0.15, 0.2) is 42.5 Å². The minimum Gasteiger partial charge on any atom is -0.345 e. The van der Waals surface area contributed by atoms with Crippen molar-refractivity contribution < 1.29 is 4.79 Å². The maximum absolute atomic E-state index is 12.6. The van der Waals surface area contributed by atoms with E-state index >= 15 is 0 Å². The maximum atomic E-state index is 12.6. The number of carbonyl (C=O) groups is 1. The van der Waals surface area contributed by atoms with Gasteiger partial charge < -0.3 is 9.80 Å². The predicted octanol–water partition coefficient (Wildman–Crippen LogP) is 4.57. The summed E-state index contributed by atoms with van der Waals surface area (Å²) in [5.41, 5.74) is 1.48. The molecule has 0 saturated carbocycles. The summed E-state index contributed by atoms with van der Waals surface area (Å²) < 4.78 is 1.08. The molecule has 4 nitrogen and oxygen atoms in total. The highest BCUT2D eigenvalue weighted by atomic mass is 35.5. The zero-order chi connectivity index (χ0) is 17.4. The third kappa shape index (κ3) is 3.32. The van der Waals surface area contributed by atoms with Crippen molar-refractivity contribution in [3.63, 3.8) is 0 Å². The van der Waals surface area contributed by atoms with Crippen LogP contribution in [0.4, 0.5) is 5.13 Å². The first-order valence-electron chi connectivity index (χ1n) is 7.97. The molecule has 2 aromatic carbocycles. The summed E-state index contributed by atoms with van der Waals surface area (Å²) in [4.78, 5) is 21.3. The van der Waals surface area contributed by atoms with Crippen molar-refractivity contribution >= 4 is 55.8 Å². The first kappa shape index (κ1) is 16.6. The van der Waals surface area contributed by atoms with Gasteiger partial charge in [0.05, 0.1) is 9.72 Å². The van der Waals surface area contributed by atoms with Crippen LogP contribution in [-0.4, -0.2) is 42.0 Å². The lowest BCUT2D eigenvalue weighted by Gasteiger charge is -2.34. The van der Waals surface area contributed by atoms with Crippen LogP contribution in [0.5, 0.6) is 0 Å². The van der Waals surface area contributed by atoms with Crippen LogP contribution < -0.4 is 4.90 Å². The zero-order valence-corrected chi connectivity index (χ0v) is 15.6. The van der Waals surface area contributed by atoms with Gasteiger partial charge in [0, 0.05) is 36.8 Å². The SMILES string of the molecule is O=C(c1cccc(Cl)c1)N1CCN(c2nc3c(Cl)cccc3s2)CC1. The number of hydrogen-bond donors (Lipinski definition) is 0. The van der Waals surface area contributed by atoms with E-state index in [9.17, 15) is 4.79 Å². The first-order chi connectivity index (χ1) is 12.1. The van der Waals surface area contributed by atoms with Gasteiger partial charge in [-0.25, -0.2) is 4.98 Å². The Morgan fingerprint density at radius 2 is 1.80 bits per heavy atom. The third-order valence-corrected chi connectivity index (χ3v) is 5.89. The lowest BCUT2D eigenvalue weighted by atomic mass is 10.2. The number of piperazine rings is 1. The quantitative estimate of drug-likeness (QED) is 0.641. The van der Waals surface area contributed by atoms with E-state index in [4.69, 9.17) is 23.2 Å². The number of para-hydroxylation sites is 1. The highest BCUT2D eigenvalue weighted by Gasteiger charge is 2.24. The van der Waals surface area contributed by atoms with Crippen LogP contribution in [0.1, 0.15) is 10.4 Å². The molecular weight excluding hydrogens is 377 g/mol. The molecule has 1 saturated heterocycles. The predicted molar refractivity (Wildman–Crippen MR) is 104 cm³/mol. The van der Waals surface area contributed by atoms with E-state index in [1.54, 1.807) is 35.6 Å². The Hall–Kier alpha value is -1.82. The molecule has 0 N–H and O–H groups in total. The van der Waals surface area contributed by atoms with Gasteiger partial charge >= 0.3 is 0 Å². The Bertz CT molecular complexity index is 935. The summed E-state index contributed by atoms with van der Waals surface area (Å²) in [5.74, 6) is 0.0227. The standard InChI is InChI=1S/C18H15Cl2N3OS/c19-13-4-1-3-12(11-13)17(24)22-7-9-23(10-8-22)18-21-16-14(20)5-2-6-15(16)25-18/h1-6,11H,7-10H2. The number of fused-ring (bicyclic) bond motifs is 1. The largest absolute Gasteiger partial charge is 0.345 e. The number of halogens is 2. The Balaban J connectivity index is 1.47. The smallest absolute Gasteiger partial charge is 0.254 e. The second-order valence-corrected chi connectivity index (χ2v) is 7.73. The Morgan fingerprint density at radius 3 is 2.52 bits per heavy atom.